The maximum Gasteiger partial charge on any atom is 0.256 e. The molecular weight excluding hydrogens is 368 g/mol. The van der Waals surface area contributed by atoms with E-state index in [2.05, 4.69) is 5.32 Å². The molecule has 8 heteroatoms. The van der Waals surface area contributed by atoms with Crippen molar-refractivity contribution in [2.24, 2.45) is 5.92 Å². The molecule has 2 aromatic carbocycles. The van der Waals surface area contributed by atoms with Gasteiger partial charge in [0.25, 0.3) is 5.91 Å². The lowest BCUT2D eigenvalue weighted by Crippen LogP contribution is -2.41. The van der Waals surface area contributed by atoms with Crippen molar-refractivity contribution in [3.05, 3.63) is 53.6 Å². The van der Waals surface area contributed by atoms with Crippen molar-refractivity contribution in [1.82, 2.24) is 4.90 Å². The molecule has 0 radical (unpaired) electrons. The van der Waals surface area contributed by atoms with Crippen LogP contribution in [0.4, 0.5) is 20.2 Å². The van der Waals surface area contributed by atoms with Crippen LogP contribution in [0.25, 0.3) is 0 Å². The molecule has 3 N–H and O–H groups in total. The second-order valence-electron chi connectivity index (χ2n) is 6.64. The number of nitrogens with one attached hydrogen (secondary N) is 1. The molecule has 6 nitrogen and oxygen atoms in total. The van der Waals surface area contributed by atoms with E-state index in [1.807, 2.05) is 0 Å². The number of carbonyl (C=O) groups is 2. The molecule has 0 spiro atoms. The maximum absolute atomic E-state index is 13.8. The van der Waals surface area contributed by atoms with Gasteiger partial charge in [0.1, 0.15) is 17.4 Å². The van der Waals surface area contributed by atoms with Crippen molar-refractivity contribution >= 4 is 23.2 Å². The Kier molecular flexibility index (Phi) is 5.77. The molecule has 0 bridgehead atoms. The predicted octanol–water partition coefficient (Wildman–Crippen LogP) is 3.05. The molecule has 0 atom stereocenters. The number of methoxy groups -OCH3 is 1. The maximum atomic E-state index is 13.8. The van der Waals surface area contributed by atoms with Crippen LogP contribution in [-0.4, -0.2) is 36.9 Å². The number of ether oxygens (including phenoxy) is 1. The average molecular weight is 389 g/mol. The summed E-state index contributed by atoms with van der Waals surface area (Å²) in [5.74, 6) is -2.03. The summed E-state index contributed by atoms with van der Waals surface area (Å²) in [5, 5.41) is 2.82. The number of amides is 2. The molecule has 2 amide bonds. The minimum Gasteiger partial charge on any atom is -0.495 e. The molecular formula is C20H21F2N3O3. The Morgan fingerprint density at radius 3 is 2.46 bits per heavy atom. The Labute approximate surface area is 161 Å². The second kappa shape index (κ2) is 8.24. The number of rotatable bonds is 4. The highest BCUT2D eigenvalue weighted by molar-refractivity contribution is 5.95. The van der Waals surface area contributed by atoms with Crippen LogP contribution in [0.5, 0.6) is 5.75 Å². The van der Waals surface area contributed by atoms with Gasteiger partial charge in [-0.25, -0.2) is 8.78 Å². The molecule has 1 aliphatic heterocycles. The quantitative estimate of drug-likeness (QED) is 0.788. The number of nitrogens with two attached hydrogens (primary N) is 1. The Bertz CT molecular complexity index is 896. The third-order valence-electron chi connectivity index (χ3n) is 4.81. The van der Waals surface area contributed by atoms with Crippen molar-refractivity contribution in [3.8, 4) is 5.75 Å². The molecule has 28 heavy (non-hydrogen) atoms. The number of anilines is 2. The van der Waals surface area contributed by atoms with E-state index >= 15 is 0 Å². The first kappa shape index (κ1) is 19.6. The zero-order valence-electron chi connectivity index (χ0n) is 15.4. The summed E-state index contributed by atoms with van der Waals surface area (Å²) in [6.07, 6.45) is 0.901. The SMILES string of the molecule is COc1ccc(NC(=O)C2CCN(C(=O)c3ccc(F)cc3F)CC2)cc1N. The number of piperidine rings is 1. The van der Waals surface area contributed by atoms with Crippen LogP contribution in [0.3, 0.4) is 0 Å². The first-order chi connectivity index (χ1) is 13.4. The van der Waals surface area contributed by atoms with Gasteiger partial charge in [0, 0.05) is 30.8 Å². The fourth-order valence-corrected chi connectivity index (χ4v) is 3.23. The molecule has 1 saturated heterocycles. The third-order valence-corrected chi connectivity index (χ3v) is 4.81. The molecule has 1 fully saturated rings. The molecule has 0 unspecified atom stereocenters. The van der Waals surface area contributed by atoms with Crippen molar-refractivity contribution in [3.63, 3.8) is 0 Å². The highest BCUT2D eigenvalue weighted by Crippen LogP contribution is 2.26. The first-order valence-corrected chi connectivity index (χ1v) is 8.87. The first-order valence-electron chi connectivity index (χ1n) is 8.87. The van der Waals surface area contributed by atoms with E-state index < -0.39 is 17.5 Å². The topological polar surface area (TPSA) is 84.7 Å². The summed E-state index contributed by atoms with van der Waals surface area (Å²) >= 11 is 0. The van der Waals surface area contributed by atoms with Gasteiger partial charge < -0.3 is 20.7 Å². The van der Waals surface area contributed by atoms with Gasteiger partial charge in [0.2, 0.25) is 5.91 Å². The van der Waals surface area contributed by atoms with Gasteiger partial charge in [-0.3, -0.25) is 9.59 Å². The molecule has 1 aliphatic rings. The van der Waals surface area contributed by atoms with Gasteiger partial charge >= 0.3 is 0 Å². The summed E-state index contributed by atoms with van der Waals surface area (Å²) in [4.78, 5) is 26.4. The lowest BCUT2D eigenvalue weighted by Gasteiger charge is -2.31. The largest absolute Gasteiger partial charge is 0.495 e. The number of nitrogen functional groups attached to an aromatic ring is 1. The van der Waals surface area contributed by atoms with E-state index in [0.717, 1.165) is 12.1 Å². The highest BCUT2D eigenvalue weighted by Gasteiger charge is 2.29. The number of benzene rings is 2. The fourth-order valence-electron chi connectivity index (χ4n) is 3.23. The van der Waals surface area contributed by atoms with Crippen molar-refractivity contribution in [1.29, 1.82) is 0 Å². The fraction of sp³-hybridized carbons (Fsp3) is 0.300. The molecule has 0 aromatic heterocycles. The molecule has 1 heterocycles. The molecule has 2 aromatic rings. The van der Waals surface area contributed by atoms with Crippen LogP contribution >= 0.6 is 0 Å². The summed E-state index contributed by atoms with van der Waals surface area (Å²) < 4.78 is 31.9. The number of halogens is 2. The Balaban J connectivity index is 1.58. The third kappa shape index (κ3) is 4.21. The average Bonchev–Trinajstić information content (AvgIpc) is 2.68. The standard InChI is InChI=1S/C20H21F2N3O3/c1-28-18-5-3-14(11-17(18)23)24-19(26)12-6-8-25(9-7-12)20(27)15-4-2-13(21)10-16(15)22/h2-5,10-12H,6-9,23H2,1H3,(H,24,26). The van der Waals surface area contributed by atoms with E-state index in [4.69, 9.17) is 10.5 Å². The highest BCUT2D eigenvalue weighted by atomic mass is 19.1. The molecule has 0 aliphatic carbocycles. The predicted molar refractivity (Wildman–Crippen MR) is 101 cm³/mol. The van der Waals surface area contributed by atoms with Crippen LogP contribution in [0.1, 0.15) is 23.2 Å². The van der Waals surface area contributed by atoms with Crippen molar-refractivity contribution in [2.75, 3.05) is 31.2 Å². The van der Waals surface area contributed by atoms with Crippen molar-refractivity contribution < 1.29 is 23.1 Å². The van der Waals surface area contributed by atoms with Crippen LogP contribution < -0.4 is 15.8 Å². The minimum absolute atomic E-state index is 0.162. The summed E-state index contributed by atoms with van der Waals surface area (Å²) in [7, 11) is 1.51. The van der Waals surface area contributed by atoms with Gasteiger partial charge in [-0.05, 0) is 43.2 Å². The van der Waals surface area contributed by atoms with Gasteiger partial charge in [0.05, 0.1) is 18.4 Å². The van der Waals surface area contributed by atoms with Crippen molar-refractivity contribution in [2.45, 2.75) is 12.8 Å². The zero-order chi connectivity index (χ0) is 20.3. The number of nitrogens with zero attached hydrogens (tertiary/aromatic N) is 1. The summed E-state index contributed by atoms with van der Waals surface area (Å²) in [6, 6.07) is 7.87. The van der Waals surface area contributed by atoms with Gasteiger partial charge in [-0.1, -0.05) is 0 Å². The summed E-state index contributed by atoms with van der Waals surface area (Å²) in [6.45, 7) is 0.636. The molecule has 3 rings (SSSR count). The van der Waals surface area contributed by atoms with Gasteiger partial charge in [-0.15, -0.1) is 0 Å². The van der Waals surface area contributed by atoms with E-state index in [9.17, 15) is 18.4 Å². The normalized spacial score (nSPS) is 14.6. The monoisotopic (exact) mass is 389 g/mol. The smallest absolute Gasteiger partial charge is 0.256 e. The summed E-state index contributed by atoms with van der Waals surface area (Å²) in [5.41, 5.74) is 6.65. The van der Waals surface area contributed by atoms with Crippen LogP contribution in [0.15, 0.2) is 36.4 Å². The van der Waals surface area contributed by atoms with Gasteiger partial charge in [0.15, 0.2) is 0 Å². The Hall–Kier alpha value is -3.16. The number of hydrogen-bond donors (Lipinski definition) is 2. The second-order valence-corrected chi connectivity index (χ2v) is 6.64. The number of hydrogen-bond acceptors (Lipinski definition) is 4. The van der Waals surface area contributed by atoms with E-state index in [0.29, 0.717) is 49.1 Å². The van der Waals surface area contributed by atoms with Crippen LogP contribution in [0.2, 0.25) is 0 Å². The van der Waals surface area contributed by atoms with E-state index in [1.54, 1.807) is 18.2 Å². The van der Waals surface area contributed by atoms with Gasteiger partial charge in [-0.2, -0.15) is 0 Å². The zero-order valence-corrected chi connectivity index (χ0v) is 15.4. The Morgan fingerprint density at radius 2 is 1.86 bits per heavy atom. The van der Waals surface area contributed by atoms with E-state index in [-0.39, 0.29) is 17.4 Å². The molecule has 0 saturated carbocycles. The lowest BCUT2D eigenvalue weighted by molar-refractivity contribution is -0.121. The number of carbonyl (C=O) groups excluding carboxylic acids is 2. The lowest BCUT2D eigenvalue weighted by atomic mass is 9.95. The van der Waals surface area contributed by atoms with Crippen LogP contribution in [0, 0.1) is 17.6 Å². The minimum atomic E-state index is -0.887. The molecule has 148 valence electrons. The number of likely N-dealkylation sites (tertiary alicyclic amines) is 1. The van der Waals surface area contributed by atoms with Crippen LogP contribution in [-0.2, 0) is 4.79 Å². The van der Waals surface area contributed by atoms with E-state index in [1.165, 1.54) is 12.0 Å². The Morgan fingerprint density at radius 1 is 1.14 bits per heavy atom.